The Hall–Kier alpha value is -1.98. The van der Waals surface area contributed by atoms with E-state index >= 15 is 0 Å². The smallest absolute Gasteiger partial charge is 0.320 e. The molecular weight excluding hydrogens is 316 g/mol. The van der Waals surface area contributed by atoms with Crippen molar-refractivity contribution in [1.82, 2.24) is 10.3 Å². The number of carboxylic acids is 1. The second-order valence-electron chi connectivity index (χ2n) is 5.37. The van der Waals surface area contributed by atoms with Gasteiger partial charge in [0, 0.05) is 11.6 Å². The molecule has 2 heterocycles. The fourth-order valence-corrected chi connectivity index (χ4v) is 2.60. The van der Waals surface area contributed by atoms with E-state index in [-0.39, 0.29) is 6.04 Å². The van der Waals surface area contributed by atoms with Crippen LogP contribution < -0.4 is 5.32 Å². The molecule has 2 aromatic rings. The first-order valence-corrected chi connectivity index (χ1v) is 7.93. The van der Waals surface area contributed by atoms with Crippen molar-refractivity contribution in [1.29, 1.82) is 0 Å². The van der Waals surface area contributed by atoms with Crippen LogP contribution >= 0.6 is 11.6 Å². The summed E-state index contributed by atoms with van der Waals surface area (Å²) in [5, 5.41) is 11.8. The van der Waals surface area contributed by atoms with Crippen molar-refractivity contribution in [2.45, 2.75) is 30.7 Å². The highest BCUT2D eigenvalue weighted by atomic mass is 35.5. The summed E-state index contributed by atoms with van der Waals surface area (Å²) in [6.45, 7) is 0.858. The van der Waals surface area contributed by atoms with Gasteiger partial charge in [0.2, 0.25) is 0 Å². The summed E-state index contributed by atoms with van der Waals surface area (Å²) in [6.07, 6.45) is 4.87. The SMILES string of the molecule is O=C(O)[C@@H]1CCCN1.O=CC(Cl)Cc1ccc2ncccc2c1. The molecule has 2 N–H and O–H groups in total. The third-order valence-corrected chi connectivity index (χ3v) is 3.86. The van der Waals surface area contributed by atoms with Crippen LogP contribution in [0.2, 0.25) is 0 Å². The molecule has 1 fully saturated rings. The summed E-state index contributed by atoms with van der Waals surface area (Å²) in [6, 6.07) is 9.53. The number of aromatic nitrogens is 1. The summed E-state index contributed by atoms with van der Waals surface area (Å²) in [7, 11) is 0. The van der Waals surface area contributed by atoms with Crippen LogP contribution in [0.25, 0.3) is 10.9 Å². The van der Waals surface area contributed by atoms with Crippen LogP contribution in [0.3, 0.4) is 0 Å². The van der Waals surface area contributed by atoms with E-state index in [2.05, 4.69) is 10.3 Å². The number of nitrogens with zero attached hydrogens (tertiary/aromatic N) is 1. The molecule has 1 aliphatic heterocycles. The molecule has 0 bridgehead atoms. The molecule has 0 aliphatic carbocycles. The van der Waals surface area contributed by atoms with Crippen LogP contribution in [0.15, 0.2) is 36.5 Å². The van der Waals surface area contributed by atoms with Gasteiger partial charge in [-0.3, -0.25) is 9.78 Å². The van der Waals surface area contributed by atoms with Gasteiger partial charge in [0.1, 0.15) is 12.3 Å². The van der Waals surface area contributed by atoms with Crippen LogP contribution in [0.1, 0.15) is 18.4 Å². The van der Waals surface area contributed by atoms with Crippen LogP contribution in [0, 0.1) is 0 Å². The summed E-state index contributed by atoms with van der Waals surface area (Å²) in [5.74, 6) is -0.720. The maximum atomic E-state index is 10.4. The quantitative estimate of drug-likeness (QED) is 0.663. The number of benzene rings is 1. The van der Waals surface area contributed by atoms with Gasteiger partial charge in [-0.1, -0.05) is 12.1 Å². The highest BCUT2D eigenvalue weighted by Crippen LogP contribution is 2.15. The number of fused-ring (bicyclic) bond motifs is 1. The number of halogens is 1. The molecule has 23 heavy (non-hydrogen) atoms. The Labute approximate surface area is 139 Å². The monoisotopic (exact) mass is 334 g/mol. The molecule has 5 nitrogen and oxygen atoms in total. The fourth-order valence-electron chi connectivity index (χ4n) is 2.42. The molecule has 1 aromatic heterocycles. The van der Waals surface area contributed by atoms with Gasteiger partial charge in [-0.25, -0.2) is 0 Å². The fraction of sp³-hybridized carbons (Fsp3) is 0.353. The van der Waals surface area contributed by atoms with Crippen molar-refractivity contribution in [3.63, 3.8) is 0 Å². The third kappa shape index (κ3) is 5.30. The number of aldehydes is 1. The van der Waals surface area contributed by atoms with Gasteiger partial charge in [0.05, 0.1) is 10.9 Å². The van der Waals surface area contributed by atoms with Gasteiger partial charge < -0.3 is 15.2 Å². The van der Waals surface area contributed by atoms with Gasteiger partial charge in [-0.15, -0.1) is 11.6 Å². The summed E-state index contributed by atoms with van der Waals surface area (Å²) < 4.78 is 0. The third-order valence-electron chi connectivity index (χ3n) is 3.60. The van der Waals surface area contributed by atoms with Crippen molar-refractivity contribution < 1.29 is 14.7 Å². The highest BCUT2D eigenvalue weighted by molar-refractivity contribution is 6.27. The Balaban J connectivity index is 0.000000203. The topological polar surface area (TPSA) is 79.3 Å². The highest BCUT2D eigenvalue weighted by Gasteiger charge is 2.20. The molecule has 0 saturated carbocycles. The van der Waals surface area contributed by atoms with Crippen molar-refractivity contribution in [3.8, 4) is 0 Å². The molecule has 1 aliphatic rings. The number of hydrogen-bond acceptors (Lipinski definition) is 4. The number of nitrogens with one attached hydrogen (secondary N) is 1. The molecule has 0 amide bonds. The lowest BCUT2D eigenvalue weighted by Crippen LogP contribution is -2.29. The molecule has 1 unspecified atom stereocenters. The van der Waals surface area contributed by atoms with E-state index in [1.54, 1.807) is 6.20 Å². The summed E-state index contributed by atoms with van der Waals surface area (Å²) in [4.78, 5) is 24.8. The standard InChI is InChI=1S/C12H10ClNO.C5H9NO2/c13-11(8-15)7-9-3-4-12-10(6-9)2-1-5-14-12;7-5(8)4-2-1-3-6-4/h1-6,8,11H,7H2;4,6H,1-3H2,(H,7,8)/t;4-/m.0/s1. The number of rotatable bonds is 4. The Morgan fingerprint density at radius 2 is 2.30 bits per heavy atom. The zero-order chi connectivity index (χ0) is 16.7. The lowest BCUT2D eigenvalue weighted by atomic mass is 10.1. The summed E-state index contributed by atoms with van der Waals surface area (Å²) >= 11 is 5.77. The lowest BCUT2D eigenvalue weighted by Gasteiger charge is -2.03. The Morgan fingerprint density at radius 3 is 2.91 bits per heavy atom. The number of carbonyl (C=O) groups excluding carboxylic acids is 1. The van der Waals surface area contributed by atoms with E-state index in [0.717, 1.165) is 42.1 Å². The summed E-state index contributed by atoms with van der Waals surface area (Å²) in [5.41, 5.74) is 2.01. The lowest BCUT2D eigenvalue weighted by molar-refractivity contribution is -0.139. The second-order valence-corrected chi connectivity index (χ2v) is 5.93. The minimum absolute atomic E-state index is 0.269. The number of carboxylic acid groups (broad SMARTS) is 1. The van der Waals surface area contributed by atoms with Crippen molar-refractivity contribution >= 4 is 34.8 Å². The molecule has 0 radical (unpaired) electrons. The van der Waals surface area contributed by atoms with Crippen molar-refractivity contribution in [2.24, 2.45) is 0 Å². The molecule has 1 aromatic carbocycles. The first-order valence-electron chi connectivity index (χ1n) is 7.49. The molecule has 2 atom stereocenters. The van der Waals surface area contributed by atoms with E-state index < -0.39 is 11.3 Å². The maximum absolute atomic E-state index is 10.4. The van der Waals surface area contributed by atoms with Crippen LogP contribution in [-0.4, -0.2) is 40.3 Å². The number of hydrogen-bond donors (Lipinski definition) is 2. The van der Waals surface area contributed by atoms with Gasteiger partial charge >= 0.3 is 5.97 Å². The molecule has 3 rings (SSSR count). The van der Waals surface area contributed by atoms with E-state index in [1.807, 2.05) is 30.3 Å². The zero-order valence-electron chi connectivity index (χ0n) is 12.6. The minimum atomic E-state index is -0.720. The predicted molar refractivity (Wildman–Crippen MR) is 89.8 cm³/mol. The van der Waals surface area contributed by atoms with Gasteiger partial charge in [-0.2, -0.15) is 0 Å². The van der Waals surface area contributed by atoms with Crippen LogP contribution in [0.5, 0.6) is 0 Å². The van der Waals surface area contributed by atoms with E-state index in [0.29, 0.717) is 6.42 Å². The Morgan fingerprint density at radius 1 is 1.48 bits per heavy atom. The largest absolute Gasteiger partial charge is 0.480 e. The molecule has 122 valence electrons. The first kappa shape index (κ1) is 17.4. The molecular formula is C17H19ClN2O3. The molecule has 6 heteroatoms. The average molecular weight is 335 g/mol. The van der Waals surface area contributed by atoms with Crippen molar-refractivity contribution in [3.05, 3.63) is 42.1 Å². The first-order chi connectivity index (χ1) is 11.1. The van der Waals surface area contributed by atoms with Crippen LogP contribution in [-0.2, 0) is 16.0 Å². The van der Waals surface area contributed by atoms with Gasteiger partial charge in [-0.05, 0) is 49.6 Å². The zero-order valence-corrected chi connectivity index (χ0v) is 13.4. The van der Waals surface area contributed by atoms with Gasteiger partial charge in [0.25, 0.3) is 0 Å². The predicted octanol–water partition coefficient (Wildman–Crippen LogP) is 2.41. The number of carbonyl (C=O) groups is 2. The van der Waals surface area contributed by atoms with E-state index in [4.69, 9.17) is 16.7 Å². The minimum Gasteiger partial charge on any atom is -0.480 e. The number of aliphatic carboxylic acids is 1. The Kier molecular flexibility index (Phi) is 6.50. The number of alkyl halides is 1. The second kappa shape index (κ2) is 8.60. The van der Waals surface area contributed by atoms with Crippen LogP contribution in [0.4, 0.5) is 0 Å². The average Bonchev–Trinajstić information content (AvgIpc) is 3.10. The van der Waals surface area contributed by atoms with Crippen molar-refractivity contribution in [2.75, 3.05) is 6.54 Å². The Bertz CT molecular complexity index is 672. The molecule has 1 saturated heterocycles. The number of pyridine rings is 1. The molecule has 0 spiro atoms. The van der Waals surface area contributed by atoms with Gasteiger partial charge in [0.15, 0.2) is 0 Å². The normalized spacial score (nSPS) is 18.0. The maximum Gasteiger partial charge on any atom is 0.320 e. The van der Waals surface area contributed by atoms with E-state index in [9.17, 15) is 9.59 Å². The van der Waals surface area contributed by atoms with E-state index in [1.165, 1.54) is 0 Å².